The zero-order valence-electron chi connectivity index (χ0n) is 8.21. The van der Waals surface area contributed by atoms with Gasteiger partial charge in [-0.1, -0.05) is 21.9 Å². The maximum Gasteiger partial charge on any atom is 0.223 e. The molecule has 0 atom stereocenters. The minimum absolute atomic E-state index is 0.238. The van der Waals surface area contributed by atoms with E-state index in [2.05, 4.69) is 26.8 Å². The van der Waals surface area contributed by atoms with Crippen molar-refractivity contribution in [1.29, 1.82) is 0 Å². The lowest BCUT2D eigenvalue weighted by atomic mass is 10.3. The lowest BCUT2D eigenvalue weighted by molar-refractivity contribution is -0.132. The van der Waals surface area contributed by atoms with E-state index in [9.17, 15) is 4.79 Å². The summed E-state index contributed by atoms with van der Waals surface area (Å²) >= 11 is 3.27. The topological polar surface area (TPSA) is 23.6 Å². The largest absolute Gasteiger partial charge is 0.340 e. The number of nitrogens with zero attached hydrogens (tertiary/aromatic N) is 2. The average Bonchev–Trinajstić information content (AvgIpc) is 2.20. The minimum Gasteiger partial charge on any atom is -0.340 e. The molecule has 0 bridgehead atoms. The smallest absolute Gasteiger partial charge is 0.223 e. The fourth-order valence-corrected chi connectivity index (χ4v) is 1.86. The van der Waals surface area contributed by atoms with Crippen molar-refractivity contribution in [2.24, 2.45) is 0 Å². The van der Waals surface area contributed by atoms with Crippen molar-refractivity contribution in [3.63, 3.8) is 0 Å². The molecule has 0 radical (unpaired) electrons. The van der Waals surface area contributed by atoms with E-state index in [-0.39, 0.29) is 5.91 Å². The summed E-state index contributed by atoms with van der Waals surface area (Å²) in [6.45, 7) is 4.12. The van der Waals surface area contributed by atoms with Gasteiger partial charge in [-0.15, -0.1) is 6.42 Å². The number of carbonyl (C=O) groups is 1. The Morgan fingerprint density at radius 1 is 1.36 bits per heavy atom. The Kier molecular flexibility index (Phi) is 4.99. The van der Waals surface area contributed by atoms with Crippen molar-refractivity contribution in [2.75, 3.05) is 38.1 Å². The second-order valence-corrected chi connectivity index (χ2v) is 4.09. The standard InChI is InChI=1S/C10H15BrN2O/c1-2-5-12-6-8-13(9-7-12)10(14)3-4-11/h1H,3-9H2. The summed E-state index contributed by atoms with van der Waals surface area (Å²) in [6.07, 6.45) is 5.82. The van der Waals surface area contributed by atoms with Crippen LogP contribution in [-0.2, 0) is 4.79 Å². The summed E-state index contributed by atoms with van der Waals surface area (Å²) in [5, 5.41) is 0.746. The molecule has 1 amide bonds. The zero-order valence-corrected chi connectivity index (χ0v) is 9.79. The number of hydrogen-bond donors (Lipinski definition) is 0. The molecule has 1 fully saturated rings. The highest BCUT2D eigenvalue weighted by Gasteiger charge is 2.19. The van der Waals surface area contributed by atoms with Crippen LogP contribution in [0.15, 0.2) is 0 Å². The van der Waals surface area contributed by atoms with Crippen LogP contribution in [0.1, 0.15) is 6.42 Å². The van der Waals surface area contributed by atoms with E-state index in [1.54, 1.807) is 0 Å². The molecule has 1 rings (SSSR count). The molecule has 1 aliphatic rings. The predicted octanol–water partition coefficient (Wildman–Crippen LogP) is 0.549. The van der Waals surface area contributed by atoms with Crippen LogP contribution in [-0.4, -0.2) is 53.8 Å². The summed E-state index contributed by atoms with van der Waals surface area (Å²) in [6, 6.07) is 0. The van der Waals surface area contributed by atoms with Crippen molar-refractivity contribution in [3.8, 4) is 12.3 Å². The lowest BCUT2D eigenvalue weighted by Crippen LogP contribution is -2.48. The van der Waals surface area contributed by atoms with Gasteiger partial charge in [-0.25, -0.2) is 0 Å². The Balaban J connectivity index is 2.28. The van der Waals surface area contributed by atoms with Crippen LogP contribution >= 0.6 is 15.9 Å². The maximum absolute atomic E-state index is 11.5. The Morgan fingerprint density at radius 2 is 2.00 bits per heavy atom. The highest BCUT2D eigenvalue weighted by atomic mass is 79.9. The van der Waals surface area contributed by atoms with Gasteiger partial charge >= 0.3 is 0 Å². The molecule has 3 nitrogen and oxygen atoms in total. The molecule has 4 heteroatoms. The number of carbonyl (C=O) groups excluding carboxylic acids is 1. The predicted molar refractivity (Wildman–Crippen MR) is 60.3 cm³/mol. The molecule has 14 heavy (non-hydrogen) atoms. The second-order valence-electron chi connectivity index (χ2n) is 3.30. The molecule has 0 N–H and O–H groups in total. The third-order valence-electron chi connectivity index (χ3n) is 2.35. The van der Waals surface area contributed by atoms with Crippen LogP contribution < -0.4 is 0 Å². The molecule has 1 saturated heterocycles. The van der Waals surface area contributed by atoms with Crippen molar-refractivity contribution < 1.29 is 4.79 Å². The number of amides is 1. The minimum atomic E-state index is 0.238. The van der Waals surface area contributed by atoms with Gasteiger partial charge in [0.05, 0.1) is 6.54 Å². The SMILES string of the molecule is C#CCN1CCN(C(=O)CCBr)CC1. The molecule has 0 saturated carbocycles. The van der Waals surface area contributed by atoms with Crippen LogP contribution in [0.5, 0.6) is 0 Å². The van der Waals surface area contributed by atoms with E-state index in [0.717, 1.165) is 31.5 Å². The molecule has 0 aromatic rings. The first-order valence-electron chi connectivity index (χ1n) is 4.77. The van der Waals surface area contributed by atoms with E-state index >= 15 is 0 Å². The van der Waals surface area contributed by atoms with Crippen LogP contribution in [0.25, 0.3) is 0 Å². The summed E-state index contributed by atoms with van der Waals surface area (Å²) in [5.74, 6) is 2.86. The van der Waals surface area contributed by atoms with Crippen LogP contribution in [0, 0.1) is 12.3 Å². The summed E-state index contributed by atoms with van der Waals surface area (Å²) in [4.78, 5) is 15.6. The highest BCUT2D eigenvalue weighted by molar-refractivity contribution is 9.09. The fourth-order valence-electron chi connectivity index (χ4n) is 1.52. The van der Waals surface area contributed by atoms with Gasteiger partial charge < -0.3 is 4.90 Å². The third-order valence-corrected chi connectivity index (χ3v) is 2.74. The van der Waals surface area contributed by atoms with Crippen LogP contribution in [0.3, 0.4) is 0 Å². The normalized spacial score (nSPS) is 17.9. The molecule has 78 valence electrons. The number of terminal acetylenes is 1. The molecule has 0 aromatic carbocycles. The molecule has 0 spiro atoms. The Hall–Kier alpha value is -0.530. The molecule has 0 aromatic heterocycles. The quantitative estimate of drug-likeness (QED) is 0.546. The van der Waals surface area contributed by atoms with Crippen molar-refractivity contribution in [1.82, 2.24) is 9.80 Å². The van der Waals surface area contributed by atoms with E-state index in [1.807, 2.05) is 4.90 Å². The number of halogens is 1. The Labute approximate surface area is 93.6 Å². The van der Waals surface area contributed by atoms with Crippen molar-refractivity contribution in [3.05, 3.63) is 0 Å². The molecular weight excluding hydrogens is 244 g/mol. The van der Waals surface area contributed by atoms with Gasteiger partial charge in [0.15, 0.2) is 0 Å². The van der Waals surface area contributed by atoms with Gasteiger partial charge in [-0.3, -0.25) is 9.69 Å². The molecule has 1 heterocycles. The van der Waals surface area contributed by atoms with E-state index in [1.165, 1.54) is 0 Å². The van der Waals surface area contributed by atoms with Gasteiger partial charge in [0.2, 0.25) is 5.91 Å². The summed E-state index contributed by atoms with van der Waals surface area (Å²) < 4.78 is 0. The average molecular weight is 259 g/mol. The fraction of sp³-hybridized carbons (Fsp3) is 0.700. The monoisotopic (exact) mass is 258 g/mol. The third kappa shape index (κ3) is 3.32. The molecule has 1 aliphatic heterocycles. The van der Waals surface area contributed by atoms with Crippen LogP contribution in [0.2, 0.25) is 0 Å². The summed E-state index contributed by atoms with van der Waals surface area (Å²) in [7, 11) is 0. The number of alkyl halides is 1. The lowest BCUT2D eigenvalue weighted by Gasteiger charge is -2.33. The van der Waals surface area contributed by atoms with Gasteiger partial charge in [0.25, 0.3) is 0 Å². The first kappa shape index (κ1) is 11.5. The van der Waals surface area contributed by atoms with E-state index in [4.69, 9.17) is 6.42 Å². The van der Waals surface area contributed by atoms with E-state index in [0.29, 0.717) is 13.0 Å². The van der Waals surface area contributed by atoms with Gasteiger partial charge in [0, 0.05) is 37.9 Å². The Morgan fingerprint density at radius 3 is 2.50 bits per heavy atom. The van der Waals surface area contributed by atoms with Crippen molar-refractivity contribution >= 4 is 21.8 Å². The number of rotatable bonds is 3. The number of hydrogen-bond acceptors (Lipinski definition) is 2. The number of piperazine rings is 1. The first-order valence-corrected chi connectivity index (χ1v) is 5.89. The van der Waals surface area contributed by atoms with Crippen LogP contribution in [0.4, 0.5) is 0 Å². The van der Waals surface area contributed by atoms with E-state index < -0.39 is 0 Å². The Bertz CT molecular complexity index is 229. The van der Waals surface area contributed by atoms with Crippen molar-refractivity contribution in [2.45, 2.75) is 6.42 Å². The van der Waals surface area contributed by atoms with Gasteiger partial charge in [-0.05, 0) is 0 Å². The summed E-state index contributed by atoms with van der Waals surface area (Å²) in [5.41, 5.74) is 0. The van der Waals surface area contributed by atoms with Gasteiger partial charge in [-0.2, -0.15) is 0 Å². The molecular formula is C10H15BrN2O. The molecule has 0 unspecified atom stereocenters. The maximum atomic E-state index is 11.5. The second kappa shape index (κ2) is 6.05. The molecule has 0 aliphatic carbocycles. The van der Waals surface area contributed by atoms with Gasteiger partial charge in [0.1, 0.15) is 0 Å². The zero-order chi connectivity index (χ0) is 10.4. The highest BCUT2D eigenvalue weighted by Crippen LogP contribution is 2.04. The first-order chi connectivity index (χ1) is 6.77.